The summed E-state index contributed by atoms with van der Waals surface area (Å²) in [6.45, 7) is 1.79. The van der Waals surface area contributed by atoms with Gasteiger partial charge in [0.2, 0.25) is 5.91 Å². The van der Waals surface area contributed by atoms with Crippen molar-refractivity contribution < 1.29 is 4.79 Å². The second-order valence-corrected chi connectivity index (χ2v) is 6.83. The van der Waals surface area contributed by atoms with Crippen molar-refractivity contribution in [1.82, 2.24) is 14.9 Å². The van der Waals surface area contributed by atoms with Gasteiger partial charge in [-0.25, -0.2) is 4.98 Å². The number of benzene rings is 2. The predicted octanol–water partition coefficient (Wildman–Crippen LogP) is 2.62. The highest BCUT2D eigenvalue weighted by Crippen LogP contribution is 2.10. The lowest BCUT2D eigenvalue weighted by Gasteiger charge is -2.22. The Balaban J connectivity index is 1.60. The zero-order valence-corrected chi connectivity index (χ0v) is 15.9. The van der Waals surface area contributed by atoms with Crippen LogP contribution in [-0.2, 0) is 17.8 Å². The normalized spacial score (nSPS) is 10.9. The summed E-state index contributed by atoms with van der Waals surface area (Å²) in [6.07, 6.45) is 2.38. The minimum absolute atomic E-state index is 0.0976. The van der Waals surface area contributed by atoms with Crippen molar-refractivity contribution in [2.24, 2.45) is 5.73 Å². The van der Waals surface area contributed by atoms with Crippen LogP contribution in [0.2, 0.25) is 0 Å². The largest absolute Gasteiger partial charge is 0.338 e. The van der Waals surface area contributed by atoms with E-state index < -0.39 is 0 Å². The lowest BCUT2D eigenvalue weighted by Crippen LogP contribution is -2.32. The first-order valence-corrected chi connectivity index (χ1v) is 9.67. The van der Waals surface area contributed by atoms with Gasteiger partial charge in [0.15, 0.2) is 0 Å². The van der Waals surface area contributed by atoms with Crippen molar-refractivity contribution in [3.63, 3.8) is 0 Å². The van der Waals surface area contributed by atoms with Gasteiger partial charge in [-0.05, 0) is 37.1 Å². The van der Waals surface area contributed by atoms with E-state index in [-0.39, 0.29) is 11.5 Å². The molecule has 1 heterocycles. The number of amides is 1. The molecule has 3 N–H and O–H groups in total. The van der Waals surface area contributed by atoms with Crippen molar-refractivity contribution in [1.29, 1.82) is 0 Å². The van der Waals surface area contributed by atoms with Crippen LogP contribution in [0.4, 0.5) is 0 Å². The summed E-state index contributed by atoms with van der Waals surface area (Å²) in [7, 11) is 0. The number of aromatic nitrogens is 2. The second kappa shape index (κ2) is 9.80. The Kier molecular flexibility index (Phi) is 6.92. The van der Waals surface area contributed by atoms with Gasteiger partial charge in [0.25, 0.3) is 5.56 Å². The second-order valence-electron chi connectivity index (χ2n) is 6.83. The van der Waals surface area contributed by atoms with Crippen LogP contribution >= 0.6 is 0 Å². The zero-order valence-electron chi connectivity index (χ0n) is 15.9. The Morgan fingerprint density at radius 1 is 1.04 bits per heavy atom. The Morgan fingerprint density at radius 2 is 1.79 bits per heavy atom. The van der Waals surface area contributed by atoms with E-state index in [4.69, 9.17) is 5.73 Å². The van der Waals surface area contributed by atoms with Crippen LogP contribution < -0.4 is 11.3 Å². The molecule has 1 aromatic heterocycles. The van der Waals surface area contributed by atoms with E-state index in [9.17, 15) is 9.59 Å². The maximum Gasteiger partial charge on any atom is 0.258 e. The Labute approximate surface area is 164 Å². The molecule has 0 bridgehead atoms. The van der Waals surface area contributed by atoms with Gasteiger partial charge in [0, 0.05) is 25.9 Å². The molecule has 0 atom stereocenters. The molecule has 28 heavy (non-hydrogen) atoms. The van der Waals surface area contributed by atoms with Crippen molar-refractivity contribution in [2.45, 2.75) is 32.2 Å². The standard InChI is InChI=1S/C22H26N4O2/c23-14-7-15-26(16-17-8-2-1-3-9-17)21(27)13-6-12-20-24-19-11-5-4-10-18(19)22(28)25-20/h1-5,8-11H,6-7,12-16,23H2,(H,24,25,28). The fraction of sp³-hybridized carbons (Fsp3) is 0.318. The van der Waals surface area contributed by atoms with Crippen LogP contribution in [0, 0.1) is 0 Å². The minimum atomic E-state index is -0.138. The molecule has 0 saturated heterocycles. The number of para-hydroxylation sites is 1. The third kappa shape index (κ3) is 5.27. The molecular formula is C22H26N4O2. The van der Waals surface area contributed by atoms with E-state index in [1.807, 2.05) is 53.4 Å². The Hall–Kier alpha value is -2.99. The van der Waals surface area contributed by atoms with Gasteiger partial charge >= 0.3 is 0 Å². The quantitative estimate of drug-likeness (QED) is 0.599. The van der Waals surface area contributed by atoms with E-state index in [0.717, 1.165) is 12.0 Å². The molecule has 0 saturated carbocycles. The summed E-state index contributed by atoms with van der Waals surface area (Å²) < 4.78 is 0. The first kappa shape index (κ1) is 19.8. The maximum absolute atomic E-state index is 12.7. The summed E-state index contributed by atoms with van der Waals surface area (Å²) in [5.74, 6) is 0.716. The summed E-state index contributed by atoms with van der Waals surface area (Å²) in [4.78, 5) is 34.0. The molecule has 1 amide bonds. The molecule has 0 unspecified atom stereocenters. The number of hydrogen-bond acceptors (Lipinski definition) is 4. The summed E-state index contributed by atoms with van der Waals surface area (Å²) in [6, 6.07) is 17.2. The molecule has 3 aromatic rings. The summed E-state index contributed by atoms with van der Waals surface area (Å²) >= 11 is 0. The van der Waals surface area contributed by atoms with Gasteiger partial charge in [-0.1, -0.05) is 42.5 Å². The van der Waals surface area contributed by atoms with Gasteiger partial charge < -0.3 is 15.6 Å². The molecule has 6 heteroatoms. The summed E-state index contributed by atoms with van der Waals surface area (Å²) in [5, 5.41) is 0.582. The summed E-state index contributed by atoms with van der Waals surface area (Å²) in [5.41, 5.74) is 7.27. The van der Waals surface area contributed by atoms with E-state index >= 15 is 0 Å². The lowest BCUT2D eigenvalue weighted by molar-refractivity contribution is -0.132. The van der Waals surface area contributed by atoms with Gasteiger partial charge in [-0.2, -0.15) is 0 Å². The lowest BCUT2D eigenvalue weighted by atomic mass is 10.1. The van der Waals surface area contributed by atoms with Crippen LogP contribution in [0.3, 0.4) is 0 Å². The van der Waals surface area contributed by atoms with Crippen LogP contribution in [0.15, 0.2) is 59.4 Å². The van der Waals surface area contributed by atoms with Crippen LogP contribution in [0.1, 0.15) is 30.7 Å². The van der Waals surface area contributed by atoms with Crippen LogP contribution in [0.5, 0.6) is 0 Å². The highest BCUT2D eigenvalue weighted by atomic mass is 16.2. The Morgan fingerprint density at radius 3 is 2.57 bits per heavy atom. The molecule has 2 aromatic carbocycles. The zero-order chi connectivity index (χ0) is 19.8. The number of aromatic amines is 1. The SMILES string of the molecule is NCCCN(Cc1ccccc1)C(=O)CCCc1nc2ccccc2c(=O)[nH]1. The molecular weight excluding hydrogens is 352 g/mol. The van der Waals surface area contributed by atoms with E-state index in [0.29, 0.717) is 55.6 Å². The number of nitrogens with zero attached hydrogens (tertiary/aromatic N) is 2. The number of nitrogens with two attached hydrogens (primary N) is 1. The number of fused-ring (bicyclic) bond motifs is 1. The smallest absolute Gasteiger partial charge is 0.258 e. The van der Waals surface area contributed by atoms with E-state index in [1.165, 1.54) is 0 Å². The molecule has 0 aliphatic rings. The van der Waals surface area contributed by atoms with Gasteiger partial charge in [-0.3, -0.25) is 9.59 Å². The molecule has 0 aliphatic heterocycles. The highest BCUT2D eigenvalue weighted by Gasteiger charge is 2.14. The molecule has 6 nitrogen and oxygen atoms in total. The number of rotatable bonds is 9. The monoisotopic (exact) mass is 378 g/mol. The van der Waals surface area contributed by atoms with Crippen molar-refractivity contribution >= 4 is 16.8 Å². The predicted molar refractivity (Wildman–Crippen MR) is 111 cm³/mol. The van der Waals surface area contributed by atoms with Gasteiger partial charge in [0.1, 0.15) is 5.82 Å². The molecule has 0 fully saturated rings. The van der Waals surface area contributed by atoms with Gasteiger partial charge in [-0.15, -0.1) is 0 Å². The minimum Gasteiger partial charge on any atom is -0.338 e. The number of carbonyl (C=O) groups is 1. The fourth-order valence-corrected chi connectivity index (χ4v) is 3.20. The highest BCUT2D eigenvalue weighted by molar-refractivity contribution is 5.77. The first-order valence-electron chi connectivity index (χ1n) is 9.67. The number of H-pyrrole nitrogens is 1. The molecule has 0 aliphatic carbocycles. The molecule has 0 spiro atoms. The molecule has 146 valence electrons. The average molecular weight is 378 g/mol. The van der Waals surface area contributed by atoms with Crippen LogP contribution in [-0.4, -0.2) is 33.9 Å². The fourth-order valence-electron chi connectivity index (χ4n) is 3.20. The maximum atomic E-state index is 12.7. The first-order chi connectivity index (χ1) is 13.7. The molecule has 0 radical (unpaired) electrons. The number of nitrogens with one attached hydrogen (secondary N) is 1. The van der Waals surface area contributed by atoms with E-state index in [1.54, 1.807) is 6.07 Å². The average Bonchev–Trinajstić information content (AvgIpc) is 2.72. The Bertz CT molecular complexity index is 969. The number of aryl methyl sites for hydroxylation is 1. The van der Waals surface area contributed by atoms with Crippen molar-refractivity contribution in [3.05, 3.63) is 76.3 Å². The molecule has 3 rings (SSSR count). The van der Waals surface area contributed by atoms with Crippen molar-refractivity contribution in [2.75, 3.05) is 13.1 Å². The number of carbonyl (C=O) groups excluding carboxylic acids is 1. The topological polar surface area (TPSA) is 92.1 Å². The third-order valence-electron chi connectivity index (χ3n) is 4.67. The van der Waals surface area contributed by atoms with E-state index in [2.05, 4.69) is 9.97 Å². The van der Waals surface area contributed by atoms with Crippen molar-refractivity contribution in [3.8, 4) is 0 Å². The number of hydrogen-bond donors (Lipinski definition) is 2. The van der Waals surface area contributed by atoms with Gasteiger partial charge in [0.05, 0.1) is 10.9 Å². The van der Waals surface area contributed by atoms with Crippen LogP contribution in [0.25, 0.3) is 10.9 Å². The third-order valence-corrected chi connectivity index (χ3v) is 4.67.